The molecule has 1 atom stereocenters. The maximum absolute atomic E-state index is 13.0. The topological polar surface area (TPSA) is 58.1 Å². The third-order valence-electron chi connectivity index (χ3n) is 5.58. The fourth-order valence-electron chi connectivity index (χ4n) is 4.07. The lowest BCUT2D eigenvalue weighted by molar-refractivity contribution is -0.127. The van der Waals surface area contributed by atoms with Crippen molar-refractivity contribution < 1.29 is 9.18 Å². The molecule has 2 heterocycles. The lowest BCUT2D eigenvalue weighted by atomic mass is 10.0. The number of carbonyl (C=O) groups excluding carboxylic acids is 1. The number of hydrogen-bond donors (Lipinski definition) is 1. The number of nitrogens with one attached hydrogen (secondary N) is 1. The van der Waals surface area contributed by atoms with Gasteiger partial charge in [0.15, 0.2) is 0 Å². The normalized spacial score (nSPS) is 20.4. The third-order valence-corrected chi connectivity index (χ3v) is 5.58. The zero-order valence-corrected chi connectivity index (χ0v) is 15.4. The molecule has 1 amide bonds. The first-order chi connectivity index (χ1) is 13.2. The summed E-state index contributed by atoms with van der Waals surface area (Å²) < 4.78 is 13.0. The van der Waals surface area contributed by atoms with Gasteiger partial charge in [-0.3, -0.25) is 4.79 Å². The molecule has 1 N–H and O–H groups in total. The van der Waals surface area contributed by atoms with Crippen LogP contribution in [-0.2, 0) is 11.2 Å². The predicted octanol–water partition coefficient (Wildman–Crippen LogP) is 3.53. The molecular weight excluding hydrogens is 343 g/mol. The van der Waals surface area contributed by atoms with Gasteiger partial charge in [-0.2, -0.15) is 0 Å². The first-order valence-corrected chi connectivity index (χ1v) is 9.79. The van der Waals surface area contributed by atoms with E-state index in [1.165, 1.54) is 37.8 Å². The summed E-state index contributed by atoms with van der Waals surface area (Å²) in [5, 5.41) is 3.34. The summed E-state index contributed by atoms with van der Waals surface area (Å²) in [6.07, 6.45) is 7.96. The summed E-state index contributed by atoms with van der Waals surface area (Å²) in [6, 6.07) is 8.50. The van der Waals surface area contributed by atoms with Gasteiger partial charge in [-0.1, -0.05) is 25.0 Å². The van der Waals surface area contributed by atoms with Gasteiger partial charge in [-0.25, -0.2) is 14.4 Å². The monoisotopic (exact) mass is 368 g/mol. The van der Waals surface area contributed by atoms with Crippen LogP contribution in [0, 0.1) is 5.82 Å². The van der Waals surface area contributed by atoms with Crippen LogP contribution in [0.3, 0.4) is 0 Å². The van der Waals surface area contributed by atoms with E-state index in [0.29, 0.717) is 31.4 Å². The molecule has 0 radical (unpaired) electrons. The molecule has 0 spiro atoms. The van der Waals surface area contributed by atoms with Gasteiger partial charge >= 0.3 is 0 Å². The van der Waals surface area contributed by atoms with Crippen molar-refractivity contribution in [1.82, 2.24) is 14.9 Å². The average Bonchev–Trinajstić information content (AvgIpc) is 3.32. The molecule has 6 heteroatoms. The Morgan fingerprint density at radius 2 is 1.93 bits per heavy atom. The predicted molar refractivity (Wildman–Crippen MR) is 102 cm³/mol. The average molecular weight is 368 g/mol. The van der Waals surface area contributed by atoms with Gasteiger partial charge in [0.25, 0.3) is 0 Å². The van der Waals surface area contributed by atoms with Crippen molar-refractivity contribution in [3.8, 4) is 0 Å². The summed E-state index contributed by atoms with van der Waals surface area (Å²) in [4.78, 5) is 23.2. The first-order valence-electron chi connectivity index (χ1n) is 9.79. The van der Waals surface area contributed by atoms with E-state index in [9.17, 15) is 9.18 Å². The lowest BCUT2D eigenvalue weighted by Crippen LogP contribution is -2.30. The fourth-order valence-corrected chi connectivity index (χ4v) is 4.07. The third kappa shape index (κ3) is 4.43. The molecule has 1 saturated heterocycles. The van der Waals surface area contributed by atoms with Crippen LogP contribution >= 0.6 is 0 Å². The molecule has 0 bridgehead atoms. The van der Waals surface area contributed by atoms with Crippen molar-refractivity contribution >= 4 is 11.9 Å². The zero-order chi connectivity index (χ0) is 18.6. The van der Waals surface area contributed by atoms with E-state index in [1.807, 2.05) is 17.2 Å². The molecule has 2 aromatic rings. The molecule has 2 fully saturated rings. The van der Waals surface area contributed by atoms with Crippen molar-refractivity contribution in [1.29, 1.82) is 0 Å². The van der Waals surface area contributed by atoms with Crippen LogP contribution in [0.1, 0.15) is 49.3 Å². The van der Waals surface area contributed by atoms with Crippen molar-refractivity contribution in [2.24, 2.45) is 0 Å². The van der Waals surface area contributed by atoms with Gasteiger partial charge < -0.3 is 10.2 Å². The number of anilines is 1. The van der Waals surface area contributed by atoms with E-state index in [0.717, 1.165) is 17.7 Å². The van der Waals surface area contributed by atoms with Crippen molar-refractivity contribution in [2.75, 3.05) is 18.4 Å². The molecule has 1 saturated carbocycles. The van der Waals surface area contributed by atoms with Gasteiger partial charge in [0, 0.05) is 37.3 Å². The number of amides is 1. The first kappa shape index (κ1) is 17.9. The Morgan fingerprint density at radius 3 is 2.70 bits per heavy atom. The van der Waals surface area contributed by atoms with E-state index in [2.05, 4.69) is 15.3 Å². The Kier molecular flexibility index (Phi) is 5.32. The Morgan fingerprint density at radius 1 is 1.15 bits per heavy atom. The van der Waals surface area contributed by atoms with Gasteiger partial charge in [0.1, 0.15) is 5.82 Å². The maximum atomic E-state index is 13.0. The van der Waals surface area contributed by atoms with Gasteiger partial charge in [-0.05, 0) is 43.0 Å². The molecule has 1 aromatic carbocycles. The Hall–Kier alpha value is -2.50. The highest BCUT2D eigenvalue weighted by Gasteiger charge is 2.30. The molecule has 1 aliphatic heterocycles. The summed E-state index contributed by atoms with van der Waals surface area (Å²) >= 11 is 0. The highest BCUT2D eigenvalue weighted by Crippen LogP contribution is 2.33. The number of carbonyl (C=O) groups is 1. The summed E-state index contributed by atoms with van der Waals surface area (Å²) in [5.41, 5.74) is 2.15. The molecule has 142 valence electrons. The minimum atomic E-state index is -0.236. The number of benzene rings is 1. The Balaban J connectivity index is 1.32. The van der Waals surface area contributed by atoms with Gasteiger partial charge in [0.2, 0.25) is 11.9 Å². The van der Waals surface area contributed by atoms with Crippen molar-refractivity contribution in [2.45, 2.75) is 50.5 Å². The van der Waals surface area contributed by atoms with Crippen LogP contribution in [0.4, 0.5) is 10.3 Å². The molecule has 1 unspecified atom stereocenters. The van der Waals surface area contributed by atoms with Crippen LogP contribution < -0.4 is 5.32 Å². The highest BCUT2D eigenvalue weighted by molar-refractivity contribution is 5.79. The smallest absolute Gasteiger partial charge is 0.224 e. The number of likely N-dealkylation sites (tertiary alicyclic amines) is 1. The summed E-state index contributed by atoms with van der Waals surface area (Å²) in [7, 11) is 0. The Labute approximate surface area is 159 Å². The van der Waals surface area contributed by atoms with Crippen molar-refractivity contribution in [3.05, 3.63) is 53.6 Å². The second-order valence-electron chi connectivity index (χ2n) is 7.55. The SMILES string of the molecule is O=C1CC(Nc2nccc(C3CCCC3)n2)CN1CCc1ccc(F)cc1. The number of halogens is 1. The minimum absolute atomic E-state index is 0.0320. The fraction of sp³-hybridized carbons (Fsp3) is 0.476. The second kappa shape index (κ2) is 8.03. The van der Waals surface area contributed by atoms with Crippen LogP contribution in [0.5, 0.6) is 0 Å². The lowest BCUT2D eigenvalue weighted by Gasteiger charge is -2.17. The maximum Gasteiger partial charge on any atom is 0.224 e. The van der Waals surface area contributed by atoms with Crippen LogP contribution in [0.25, 0.3) is 0 Å². The van der Waals surface area contributed by atoms with Crippen LogP contribution in [0.15, 0.2) is 36.5 Å². The molecule has 27 heavy (non-hydrogen) atoms. The molecule has 1 aliphatic carbocycles. The highest BCUT2D eigenvalue weighted by atomic mass is 19.1. The van der Waals surface area contributed by atoms with Crippen LogP contribution in [0.2, 0.25) is 0 Å². The van der Waals surface area contributed by atoms with E-state index in [4.69, 9.17) is 0 Å². The molecular formula is C21H25FN4O. The van der Waals surface area contributed by atoms with E-state index in [-0.39, 0.29) is 17.8 Å². The largest absolute Gasteiger partial charge is 0.349 e. The molecule has 1 aromatic heterocycles. The van der Waals surface area contributed by atoms with Crippen molar-refractivity contribution in [3.63, 3.8) is 0 Å². The Bertz CT molecular complexity index is 789. The number of hydrogen-bond acceptors (Lipinski definition) is 4. The van der Waals surface area contributed by atoms with Gasteiger partial charge in [0.05, 0.1) is 6.04 Å². The van der Waals surface area contributed by atoms with Crippen LogP contribution in [-0.4, -0.2) is 39.9 Å². The minimum Gasteiger partial charge on any atom is -0.349 e. The molecule has 4 rings (SSSR count). The molecule has 2 aliphatic rings. The summed E-state index contributed by atoms with van der Waals surface area (Å²) in [6.45, 7) is 1.29. The quantitative estimate of drug-likeness (QED) is 0.847. The second-order valence-corrected chi connectivity index (χ2v) is 7.55. The zero-order valence-electron chi connectivity index (χ0n) is 15.4. The summed E-state index contributed by atoms with van der Waals surface area (Å²) in [5.74, 6) is 1.07. The van der Waals surface area contributed by atoms with E-state index in [1.54, 1.807) is 12.1 Å². The van der Waals surface area contributed by atoms with E-state index >= 15 is 0 Å². The van der Waals surface area contributed by atoms with Gasteiger partial charge in [-0.15, -0.1) is 0 Å². The molecule has 5 nitrogen and oxygen atoms in total. The number of nitrogens with zero attached hydrogens (tertiary/aromatic N) is 3. The number of aromatic nitrogens is 2. The standard InChI is InChI=1S/C21H25FN4O/c22-17-7-5-15(6-8-17)10-12-26-14-18(13-20(26)27)24-21-23-11-9-19(25-21)16-3-1-2-4-16/h5-9,11,16,18H,1-4,10,12-14H2,(H,23,24,25). The number of rotatable bonds is 6. The van der Waals surface area contributed by atoms with E-state index < -0.39 is 0 Å².